The third-order valence-electron chi connectivity index (χ3n) is 3.15. The summed E-state index contributed by atoms with van der Waals surface area (Å²) in [6.07, 6.45) is 0. The molecule has 1 aromatic carbocycles. The lowest BCUT2D eigenvalue weighted by Gasteiger charge is -2.11. The van der Waals surface area contributed by atoms with Crippen LogP contribution in [0.15, 0.2) is 35.5 Å². The second-order valence-corrected chi connectivity index (χ2v) is 6.15. The van der Waals surface area contributed by atoms with Crippen molar-refractivity contribution in [3.05, 3.63) is 47.3 Å². The molecule has 5 nitrogen and oxygen atoms in total. The molecule has 0 fully saturated rings. The van der Waals surface area contributed by atoms with Gasteiger partial charge in [-0.2, -0.15) is 0 Å². The maximum absolute atomic E-state index is 12.2. The summed E-state index contributed by atoms with van der Waals surface area (Å²) >= 11 is 1.35. The molecule has 0 saturated heterocycles. The fourth-order valence-corrected chi connectivity index (χ4v) is 2.88. The Hall–Kier alpha value is -1.63. The van der Waals surface area contributed by atoms with Crippen LogP contribution in [0.25, 0.3) is 0 Å². The SMILES string of the molecule is CCNCc1ccccc1NC(=O)CSc1nc(C)cc(C)n1.Cl. The number of nitrogens with one attached hydrogen (secondary N) is 2. The van der Waals surface area contributed by atoms with Crippen molar-refractivity contribution in [1.82, 2.24) is 15.3 Å². The van der Waals surface area contributed by atoms with Crippen molar-refractivity contribution < 1.29 is 4.79 Å². The molecular weight excluding hydrogens is 344 g/mol. The molecule has 7 heteroatoms. The smallest absolute Gasteiger partial charge is 0.234 e. The van der Waals surface area contributed by atoms with Crippen LogP contribution in [0.3, 0.4) is 0 Å². The van der Waals surface area contributed by atoms with Gasteiger partial charge in [0.15, 0.2) is 5.16 Å². The first-order valence-corrected chi connectivity index (χ1v) is 8.60. The summed E-state index contributed by atoms with van der Waals surface area (Å²) in [7, 11) is 0. The van der Waals surface area contributed by atoms with E-state index in [1.54, 1.807) is 0 Å². The van der Waals surface area contributed by atoms with Crippen molar-refractivity contribution in [2.75, 3.05) is 17.6 Å². The molecule has 1 aromatic heterocycles. The van der Waals surface area contributed by atoms with E-state index in [4.69, 9.17) is 0 Å². The van der Waals surface area contributed by atoms with E-state index in [0.717, 1.165) is 35.7 Å². The molecule has 0 bridgehead atoms. The van der Waals surface area contributed by atoms with Gasteiger partial charge in [-0.3, -0.25) is 4.79 Å². The minimum absolute atomic E-state index is 0. The number of carbonyl (C=O) groups is 1. The number of aryl methyl sites for hydroxylation is 2. The molecule has 0 unspecified atom stereocenters. The Morgan fingerprint density at radius 1 is 1.17 bits per heavy atom. The predicted octanol–water partition coefficient (Wildman–Crippen LogP) is 3.36. The zero-order valence-corrected chi connectivity index (χ0v) is 15.8. The average molecular weight is 367 g/mol. The Morgan fingerprint density at radius 3 is 2.50 bits per heavy atom. The van der Waals surface area contributed by atoms with Gasteiger partial charge in [0.2, 0.25) is 5.91 Å². The normalized spacial score (nSPS) is 10.1. The maximum Gasteiger partial charge on any atom is 0.234 e. The van der Waals surface area contributed by atoms with Gasteiger partial charge in [0.05, 0.1) is 5.75 Å². The molecule has 0 aliphatic heterocycles. The van der Waals surface area contributed by atoms with Crippen LogP contribution < -0.4 is 10.6 Å². The van der Waals surface area contributed by atoms with E-state index in [2.05, 4.69) is 27.5 Å². The Balaban J connectivity index is 0.00000288. The maximum atomic E-state index is 12.2. The Morgan fingerprint density at radius 2 is 1.83 bits per heavy atom. The van der Waals surface area contributed by atoms with Crippen LogP contribution in [0, 0.1) is 13.8 Å². The first-order chi connectivity index (χ1) is 11.1. The highest BCUT2D eigenvalue weighted by Crippen LogP contribution is 2.17. The lowest BCUT2D eigenvalue weighted by molar-refractivity contribution is -0.113. The summed E-state index contributed by atoms with van der Waals surface area (Å²) in [5.74, 6) is 0.236. The highest BCUT2D eigenvalue weighted by Gasteiger charge is 2.09. The number of carbonyl (C=O) groups excluding carboxylic acids is 1. The molecule has 0 spiro atoms. The van der Waals surface area contributed by atoms with Crippen LogP contribution in [0.4, 0.5) is 5.69 Å². The molecule has 2 rings (SSSR count). The number of para-hydroxylation sites is 1. The van der Waals surface area contributed by atoms with Gasteiger partial charge in [0.1, 0.15) is 0 Å². The minimum atomic E-state index is -0.0540. The number of benzene rings is 1. The highest BCUT2D eigenvalue weighted by molar-refractivity contribution is 7.99. The molecule has 0 saturated carbocycles. The van der Waals surface area contributed by atoms with E-state index in [0.29, 0.717) is 10.9 Å². The molecule has 0 radical (unpaired) electrons. The Labute approximate surface area is 153 Å². The summed E-state index contributed by atoms with van der Waals surface area (Å²) in [5, 5.41) is 6.87. The number of halogens is 1. The third-order valence-corrected chi connectivity index (χ3v) is 4.00. The van der Waals surface area contributed by atoms with Crippen molar-refractivity contribution in [2.45, 2.75) is 32.5 Å². The molecule has 0 aliphatic carbocycles. The minimum Gasteiger partial charge on any atom is -0.325 e. The summed E-state index contributed by atoms with van der Waals surface area (Å²) < 4.78 is 0. The fraction of sp³-hybridized carbons (Fsp3) is 0.353. The van der Waals surface area contributed by atoms with E-state index >= 15 is 0 Å². The van der Waals surface area contributed by atoms with Gasteiger partial charge in [-0.1, -0.05) is 36.9 Å². The number of anilines is 1. The van der Waals surface area contributed by atoms with Gasteiger partial charge in [0.25, 0.3) is 0 Å². The van der Waals surface area contributed by atoms with Gasteiger partial charge in [-0.15, -0.1) is 12.4 Å². The quantitative estimate of drug-likeness (QED) is 0.581. The largest absolute Gasteiger partial charge is 0.325 e. The molecule has 0 atom stereocenters. The molecule has 0 aliphatic rings. The number of aromatic nitrogens is 2. The van der Waals surface area contributed by atoms with Crippen molar-refractivity contribution in [1.29, 1.82) is 0 Å². The van der Waals surface area contributed by atoms with Gasteiger partial charge in [-0.25, -0.2) is 9.97 Å². The van der Waals surface area contributed by atoms with Gasteiger partial charge < -0.3 is 10.6 Å². The molecule has 1 heterocycles. The highest BCUT2D eigenvalue weighted by atomic mass is 35.5. The van der Waals surface area contributed by atoms with Crippen molar-refractivity contribution >= 4 is 35.8 Å². The first-order valence-electron chi connectivity index (χ1n) is 7.62. The van der Waals surface area contributed by atoms with Crippen LogP contribution in [0.2, 0.25) is 0 Å². The molecule has 130 valence electrons. The number of thioether (sulfide) groups is 1. The standard InChI is InChI=1S/C17H22N4OS.ClH/c1-4-18-10-14-7-5-6-8-15(14)21-16(22)11-23-17-19-12(2)9-13(3)20-17;/h5-9,18H,4,10-11H2,1-3H3,(H,21,22);1H. The van der Waals surface area contributed by atoms with E-state index in [1.165, 1.54) is 11.8 Å². The van der Waals surface area contributed by atoms with Crippen LogP contribution in [-0.2, 0) is 11.3 Å². The zero-order chi connectivity index (χ0) is 16.7. The molecule has 24 heavy (non-hydrogen) atoms. The summed E-state index contributed by atoms with van der Waals surface area (Å²) in [6.45, 7) is 7.54. The van der Waals surface area contributed by atoms with E-state index in [-0.39, 0.29) is 18.3 Å². The van der Waals surface area contributed by atoms with Crippen molar-refractivity contribution in [3.8, 4) is 0 Å². The summed E-state index contributed by atoms with van der Waals surface area (Å²) in [6, 6.07) is 9.74. The third kappa shape index (κ3) is 6.47. The molecular formula is C17H23ClN4OS. The average Bonchev–Trinajstić information content (AvgIpc) is 2.51. The van der Waals surface area contributed by atoms with Gasteiger partial charge in [-0.05, 0) is 38.1 Å². The number of hydrogen-bond donors (Lipinski definition) is 2. The van der Waals surface area contributed by atoms with Crippen LogP contribution in [0.1, 0.15) is 23.9 Å². The van der Waals surface area contributed by atoms with Gasteiger partial charge in [0, 0.05) is 23.6 Å². The topological polar surface area (TPSA) is 66.9 Å². The van der Waals surface area contributed by atoms with E-state index in [9.17, 15) is 4.79 Å². The van der Waals surface area contributed by atoms with Gasteiger partial charge >= 0.3 is 0 Å². The Bertz CT molecular complexity index is 661. The monoisotopic (exact) mass is 366 g/mol. The van der Waals surface area contributed by atoms with Crippen LogP contribution >= 0.6 is 24.2 Å². The number of hydrogen-bond acceptors (Lipinski definition) is 5. The van der Waals surface area contributed by atoms with Crippen molar-refractivity contribution in [3.63, 3.8) is 0 Å². The first kappa shape index (κ1) is 20.4. The zero-order valence-electron chi connectivity index (χ0n) is 14.1. The Kier molecular flexibility index (Phi) is 8.74. The summed E-state index contributed by atoms with van der Waals surface area (Å²) in [4.78, 5) is 20.8. The lowest BCUT2D eigenvalue weighted by Crippen LogP contribution is -2.18. The van der Waals surface area contributed by atoms with Crippen LogP contribution in [-0.4, -0.2) is 28.2 Å². The molecule has 2 aromatic rings. The second kappa shape index (κ2) is 10.3. The van der Waals surface area contributed by atoms with Crippen LogP contribution in [0.5, 0.6) is 0 Å². The molecule has 1 amide bonds. The predicted molar refractivity (Wildman–Crippen MR) is 102 cm³/mol. The lowest BCUT2D eigenvalue weighted by atomic mass is 10.1. The number of rotatable bonds is 7. The number of nitrogens with zero attached hydrogens (tertiary/aromatic N) is 2. The van der Waals surface area contributed by atoms with E-state index < -0.39 is 0 Å². The summed E-state index contributed by atoms with van der Waals surface area (Å²) in [5.41, 5.74) is 3.75. The fourth-order valence-electron chi connectivity index (χ4n) is 2.13. The van der Waals surface area contributed by atoms with Crippen molar-refractivity contribution in [2.24, 2.45) is 0 Å². The van der Waals surface area contributed by atoms with E-state index in [1.807, 2.05) is 44.2 Å². The number of amides is 1. The molecule has 2 N–H and O–H groups in total. The second-order valence-electron chi connectivity index (χ2n) is 5.21.